The molecule has 5 rings (SSSR count). The molecule has 0 radical (unpaired) electrons. The number of fused-ring (bicyclic) bond motifs is 5. The molecule has 0 saturated carbocycles. The lowest BCUT2D eigenvalue weighted by Gasteiger charge is -2.50. The molecule has 0 amide bonds. The van der Waals surface area contributed by atoms with Crippen molar-refractivity contribution in [3.63, 3.8) is 0 Å². The summed E-state index contributed by atoms with van der Waals surface area (Å²) in [6.07, 6.45) is 0. The van der Waals surface area contributed by atoms with Gasteiger partial charge >= 0.3 is 0 Å². The van der Waals surface area contributed by atoms with Crippen molar-refractivity contribution >= 4 is 28.3 Å². The number of anilines is 1. The largest absolute Gasteiger partial charge is 0.484 e. The monoisotopic (exact) mass is 449 g/mol. The van der Waals surface area contributed by atoms with Crippen LogP contribution in [0.15, 0.2) is 41.2 Å². The van der Waals surface area contributed by atoms with Gasteiger partial charge in [0.15, 0.2) is 0 Å². The average Bonchev–Trinajstić information content (AvgIpc) is 2.81. The van der Waals surface area contributed by atoms with Gasteiger partial charge in [-0.25, -0.2) is 4.98 Å². The second-order valence-corrected chi connectivity index (χ2v) is 9.04. The summed E-state index contributed by atoms with van der Waals surface area (Å²) in [4.78, 5) is 22.3. The van der Waals surface area contributed by atoms with Gasteiger partial charge in [-0.15, -0.1) is 0 Å². The Morgan fingerprint density at radius 3 is 2.69 bits per heavy atom. The van der Waals surface area contributed by atoms with Crippen molar-refractivity contribution in [2.45, 2.75) is 32.0 Å². The van der Waals surface area contributed by atoms with Gasteiger partial charge < -0.3 is 14.2 Å². The number of nitriles is 1. The van der Waals surface area contributed by atoms with E-state index in [1.807, 2.05) is 12.1 Å². The van der Waals surface area contributed by atoms with Gasteiger partial charge in [0.1, 0.15) is 29.6 Å². The predicted molar refractivity (Wildman–Crippen MR) is 124 cm³/mol. The first-order valence-corrected chi connectivity index (χ1v) is 11.1. The van der Waals surface area contributed by atoms with Gasteiger partial charge in [0, 0.05) is 37.2 Å². The van der Waals surface area contributed by atoms with Crippen molar-refractivity contribution in [1.82, 2.24) is 14.5 Å². The lowest BCUT2D eigenvalue weighted by Crippen LogP contribution is -2.61. The highest BCUT2D eigenvalue weighted by atomic mass is 35.5. The molecule has 164 valence electrons. The molecule has 4 heterocycles. The molecule has 0 aliphatic carbocycles. The van der Waals surface area contributed by atoms with Crippen molar-refractivity contribution in [3.8, 4) is 11.8 Å². The van der Waals surface area contributed by atoms with Crippen LogP contribution in [-0.4, -0.2) is 46.2 Å². The molecule has 3 atom stereocenters. The third-order valence-electron chi connectivity index (χ3n) is 6.73. The second-order valence-electron chi connectivity index (χ2n) is 8.61. The van der Waals surface area contributed by atoms with Crippen LogP contribution in [0.3, 0.4) is 0 Å². The number of benzene rings is 1. The number of piperazine rings is 1. The van der Waals surface area contributed by atoms with Crippen LogP contribution in [-0.2, 0) is 7.05 Å². The summed E-state index contributed by atoms with van der Waals surface area (Å²) in [6, 6.07) is 14.1. The predicted octanol–water partition coefficient (Wildman–Crippen LogP) is 3.49. The van der Waals surface area contributed by atoms with Crippen LogP contribution in [0.25, 0.3) is 11.0 Å². The first kappa shape index (κ1) is 20.8. The van der Waals surface area contributed by atoms with E-state index >= 15 is 0 Å². The van der Waals surface area contributed by atoms with Gasteiger partial charge in [0.25, 0.3) is 5.56 Å². The first-order chi connectivity index (χ1) is 15.4. The molecule has 0 N–H and O–H groups in total. The minimum absolute atomic E-state index is 0.0799. The van der Waals surface area contributed by atoms with E-state index in [4.69, 9.17) is 16.3 Å². The molecule has 8 heteroatoms. The van der Waals surface area contributed by atoms with Crippen molar-refractivity contribution < 1.29 is 4.74 Å². The zero-order chi connectivity index (χ0) is 22.6. The van der Waals surface area contributed by atoms with Crippen molar-refractivity contribution in [3.05, 3.63) is 63.0 Å². The van der Waals surface area contributed by atoms with Crippen molar-refractivity contribution in [2.24, 2.45) is 7.05 Å². The molecule has 0 bridgehead atoms. The Bertz CT molecular complexity index is 1300. The summed E-state index contributed by atoms with van der Waals surface area (Å²) in [5.41, 5.74) is 3.40. The van der Waals surface area contributed by atoms with E-state index in [0.717, 1.165) is 18.1 Å². The quantitative estimate of drug-likeness (QED) is 0.596. The molecule has 2 aliphatic rings. The summed E-state index contributed by atoms with van der Waals surface area (Å²) >= 11 is 6.07. The molecular formula is C24H24ClN5O2. The Hall–Kier alpha value is -3.08. The van der Waals surface area contributed by atoms with Crippen LogP contribution in [0.1, 0.15) is 31.1 Å². The number of rotatable bonds is 2. The summed E-state index contributed by atoms with van der Waals surface area (Å²) in [7, 11) is 1.71. The molecule has 0 unspecified atom stereocenters. The maximum atomic E-state index is 13.0. The summed E-state index contributed by atoms with van der Waals surface area (Å²) in [5.74, 6) is 0.324. The third kappa shape index (κ3) is 3.22. The number of aromatic nitrogens is 2. The second kappa shape index (κ2) is 7.80. The smallest absolute Gasteiger partial charge is 0.295 e. The molecule has 1 fully saturated rings. The summed E-state index contributed by atoms with van der Waals surface area (Å²) in [6.45, 7) is 6.37. The molecule has 7 nitrogen and oxygen atoms in total. The standard InChI is InChI=1S/C24H24ClN5O2/c1-14-11-30-19(12-29(14)15(2)16-4-6-17(25)7-5-16)13-32-23-22(30)21-20(28(3)24(23)31)9-8-18(10-26)27-21/h4-9,14-15,19H,11-13H2,1-3H3/t14-,15+,19+/m1/s1. The van der Waals surface area contributed by atoms with E-state index in [2.05, 4.69) is 46.8 Å². The Balaban J connectivity index is 1.55. The van der Waals surface area contributed by atoms with Crippen LogP contribution in [0.2, 0.25) is 5.02 Å². The van der Waals surface area contributed by atoms with Crippen LogP contribution in [0, 0.1) is 11.3 Å². The van der Waals surface area contributed by atoms with Gasteiger partial charge in [-0.3, -0.25) is 9.69 Å². The Morgan fingerprint density at radius 1 is 1.22 bits per heavy atom. The molecule has 2 aliphatic heterocycles. The van der Waals surface area contributed by atoms with E-state index < -0.39 is 0 Å². The lowest BCUT2D eigenvalue weighted by molar-refractivity contribution is 0.0917. The van der Waals surface area contributed by atoms with E-state index in [1.165, 1.54) is 5.56 Å². The van der Waals surface area contributed by atoms with Crippen LogP contribution in [0.4, 0.5) is 5.69 Å². The number of nitrogens with zero attached hydrogens (tertiary/aromatic N) is 5. The van der Waals surface area contributed by atoms with Gasteiger partial charge in [-0.05, 0) is 43.7 Å². The third-order valence-corrected chi connectivity index (χ3v) is 6.99. The Kier molecular flexibility index (Phi) is 5.07. The van der Waals surface area contributed by atoms with Crippen LogP contribution >= 0.6 is 11.6 Å². The number of halogens is 1. The highest BCUT2D eigenvalue weighted by Gasteiger charge is 2.40. The maximum absolute atomic E-state index is 13.0. The molecule has 0 spiro atoms. The molecule has 3 aromatic rings. The topological polar surface area (TPSA) is 74.4 Å². The number of ether oxygens (including phenoxy) is 1. The van der Waals surface area contributed by atoms with E-state index in [1.54, 1.807) is 23.7 Å². The highest BCUT2D eigenvalue weighted by molar-refractivity contribution is 6.30. The van der Waals surface area contributed by atoms with Crippen molar-refractivity contribution in [1.29, 1.82) is 5.26 Å². The molecular weight excluding hydrogens is 426 g/mol. The van der Waals surface area contributed by atoms with Gasteiger partial charge in [-0.2, -0.15) is 5.26 Å². The zero-order valence-electron chi connectivity index (χ0n) is 18.2. The van der Waals surface area contributed by atoms with Gasteiger partial charge in [0.05, 0.1) is 11.6 Å². The highest BCUT2D eigenvalue weighted by Crippen LogP contribution is 2.40. The first-order valence-electron chi connectivity index (χ1n) is 10.7. The summed E-state index contributed by atoms with van der Waals surface area (Å²) < 4.78 is 7.58. The Labute approximate surface area is 191 Å². The number of aryl methyl sites for hydroxylation is 1. The van der Waals surface area contributed by atoms with Crippen LogP contribution < -0.4 is 15.2 Å². The lowest BCUT2D eigenvalue weighted by atomic mass is 9.99. The van der Waals surface area contributed by atoms with E-state index in [0.29, 0.717) is 34.8 Å². The zero-order valence-corrected chi connectivity index (χ0v) is 19.0. The fraction of sp³-hybridized carbons (Fsp3) is 0.375. The Morgan fingerprint density at radius 2 is 1.97 bits per heavy atom. The number of pyridine rings is 2. The van der Waals surface area contributed by atoms with Gasteiger partial charge in [-0.1, -0.05) is 23.7 Å². The molecule has 1 saturated heterocycles. The minimum Gasteiger partial charge on any atom is -0.484 e. The minimum atomic E-state index is -0.179. The SMILES string of the molecule is C[C@@H]1CN2c3c(c(=O)n(C)c4ccc(C#N)nc34)OC[C@@H]2CN1[C@@H](C)c1ccc(Cl)cc1. The van der Waals surface area contributed by atoms with E-state index in [-0.39, 0.29) is 23.7 Å². The normalized spacial score (nSPS) is 21.4. The van der Waals surface area contributed by atoms with Gasteiger partial charge in [0.2, 0.25) is 5.75 Å². The summed E-state index contributed by atoms with van der Waals surface area (Å²) in [5, 5.41) is 10.1. The van der Waals surface area contributed by atoms with Crippen molar-refractivity contribution in [2.75, 3.05) is 24.6 Å². The number of hydrogen-bond donors (Lipinski definition) is 0. The number of hydrogen-bond acceptors (Lipinski definition) is 6. The van der Waals surface area contributed by atoms with Crippen LogP contribution in [0.5, 0.6) is 5.75 Å². The molecule has 1 aromatic carbocycles. The average molecular weight is 450 g/mol. The fourth-order valence-corrected chi connectivity index (χ4v) is 5.08. The molecule has 32 heavy (non-hydrogen) atoms. The maximum Gasteiger partial charge on any atom is 0.295 e. The fourth-order valence-electron chi connectivity index (χ4n) is 4.96. The molecule has 2 aromatic heterocycles. The van der Waals surface area contributed by atoms with E-state index in [9.17, 15) is 10.1 Å².